The summed E-state index contributed by atoms with van der Waals surface area (Å²) in [7, 11) is 0. The van der Waals surface area contributed by atoms with Gasteiger partial charge < -0.3 is 10.1 Å². The van der Waals surface area contributed by atoms with E-state index in [-0.39, 0.29) is 0 Å². The fourth-order valence-electron chi connectivity index (χ4n) is 3.12. The van der Waals surface area contributed by atoms with Crippen LogP contribution >= 0.6 is 0 Å². The van der Waals surface area contributed by atoms with Gasteiger partial charge in [0.15, 0.2) is 0 Å². The summed E-state index contributed by atoms with van der Waals surface area (Å²) in [5.74, 6) is 0.552. The van der Waals surface area contributed by atoms with E-state index in [0.29, 0.717) is 18.1 Å². The summed E-state index contributed by atoms with van der Waals surface area (Å²) < 4.78 is 6.08. The first kappa shape index (κ1) is 17.7. The van der Waals surface area contributed by atoms with E-state index in [9.17, 15) is 0 Å². The fraction of sp³-hybridized carbons (Fsp3) is 0.889. The van der Waals surface area contributed by atoms with Crippen molar-refractivity contribution in [3.63, 3.8) is 0 Å². The lowest BCUT2D eigenvalue weighted by Crippen LogP contribution is -2.46. The minimum Gasteiger partial charge on any atom is -0.376 e. The molecule has 1 N–H and O–H groups in total. The van der Waals surface area contributed by atoms with Gasteiger partial charge in [0.1, 0.15) is 0 Å². The molecular weight excluding hydrogens is 246 g/mol. The number of hydrogen-bond donors (Lipinski definition) is 1. The van der Waals surface area contributed by atoms with Crippen LogP contribution in [-0.2, 0) is 4.74 Å². The zero-order valence-corrected chi connectivity index (χ0v) is 14.1. The van der Waals surface area contributed by atoms with Crippen LogP contribution in [0.1, 0.15) is 72.6 Å². The molecule has 1 aliphatic carbocycles. The van der Waals surface area contributed by atoms with Crippen LogP contribution in [0.15, 0.2) is 11.6 Å². The molecule has 0 radical (unpaired) electrons. The number of ether oxygens (including phenoxy) is 1. The number of hydrogen-bond acceptors (Lipinski definition) is 2. The lowest BCUT2D eigenvalue weighted by atomic mass is 9.88. The molecule has 1 rings (SSSR count). The van der Waals surface area contributed by atoms with Gasteiger partial charge in [-0.15, -0.1) is 0 Å². The molecule has 0 amide bonds. The van der Waals surface area contributed by atoms with Gasteiger partial charge in [-0.25, -0.2) is 0 Å². The Morgan fingerprint density at radius 3 is 2.55 bits per heavy atom. The van der Waals surface area contributed by atoms with Crippen LogP contribution in [0.5, 0.6) is 0 Å². The van der Waals surface area contributed by atoms with Gasteiger partial charge in [-0.3, -0.25) is 0 Å². The van der Waals surface area contributed by atoms with Gasteiger partial charge in [0.05, 0.1) is 12.1 Å². The molecule has 118 valence electrons. The molecule has 0 bridgehead atoms. The molecule has 2 atom stereocenters. The van der Waals surface area contributed by atoms with Crippen molar-refractivity contribution < 1.29 is 4.74 Å². The molecule has 0 aromatic heterocycles. The lowest BCUT2D eigenvalue weighted by molar-refractivity contribution is 0.0111. The third-order valence-electron chi connectivity index (χ3n) is 4.18. The van der Waals surface area contributed by atoms with Crippen molar-refractivity contribution in [1.82, 2.24) is 5.32 Å². The smallest absolute Gasteiger partial charge is 0.0789 e. The normalized spacial score (nSPS) is 20.1. The van der Waals surface area contributed by atoms with Crippen molar-refractivity contribution in [2.24, 2.45) is 5.92 Å². The SMILES string of the molecule is CCCNC(C1=CCCCCCC1)C(OCC)C(C)C. The summed E-state index contributed by atoms with van der Waals surface area (Å²) in [6, 6.07) is 0.410. The molecule has 0 saturated heterocycles. The molecule has 0 heterocycles. The third-order valence-corrected chi connectivity index (χ3v) is 4.18. The van der Waals surface area contributed by atoms with Gasteiger partial charge in [-0.1, -0.05) is 45.3 Å². The predicted octanol–water partition coefficient (Wildman–Crippen LogP) is 4.70. The highest BCUT2D eigenvalue weighted by atomic mass is 16.5. The maximum Gasteiger partial charge on any atom is 0.0789 e. The molecule has 1 aliphatic rings. The molecule has 0 aliphatic heterocycles. The third kappa shape index (κ3) is 5.97. The summed E-state index contributed by atoms with van der Waals surface area (Å²) in [4.78, 5) is 0. The Morgan fingerprint density at radius 2 is 1.90 bits per heavy atom. The van der Waals surface area contributed by atoms with Gasteiger partial charge in [0, 0.05) is 6.61 Å². The van der Waals surface area contributed by atoms with Crippen molar-refractivity contribution in [2.45, 2.75) is 84.8 Å². The maximum atomic E-state index is 6.08. The minimum absolute atomic E-state index is 0.303. The van der Waals surface area contributed by atoms with Crippen LogP contribution in [-0.4, -0.2) is 25.3 Å². The van der Waals surface area contributed by atoms with Crippen LogP contribution in [0.3, 0.4) is 0 Å². The molecule has 2 heteroatoms. The van der Waals surface area contributed by atoms with E-state index >= 15 is 0 Å². The lowest BCUT2D eigenvalue weighted by Gasteiger charge is -2.33. The molecule has 0 aromatic rings. The quantitative estimate of drug-likeness (QED) is 0.651. The van der Waals surface area contributed by atoms with Crippen molar-refractivity contribution in [1.29, 1.82) is 0 Å². The van der Waals surface area contributed by atoms with Crippen molar-refractivity contribution in [3.05, 3.63) is 11.6 Å². The molecular formula is C18H35NO. The Kier molecular flexibility index (Phi) is 9.21. The van der Waals surface area contributed by atoms with E-state index in [1.54, 1.807) is 5.57 Å². The average Bonchev–Trinajstić information content (AvgIpc) is 2.38. The predicted molar refractivity (Wildman–Crippen MR) is 88.1 cm³/mol. The van der Waals surface area contributed by atoms with E-state index in [4.69, 9.17) is 4.74 Å². The first-order valence-corrected chi connectivity index (χ1v) is 8.74. The zero-order chi connectivity index (χ0) is 14.8. The first-order valence-electron chi connectivity index (χ1n) is 8.74. The van der Waals surface area contributed by atoms with E-state index in [1.807, 2.05) is 0 Å². The van der Waals surface area contributed by atoms with E-state index in [1.165, 1.54) is 44.9 Å². The zero-order valence-electron chi connectivity index (χ0n) is 14.1. The molecule has 0 fully saturated rings. The molecule has 0 spiro atoms. The van der Waals surface area contributed by atoms with Crippen LogP contribution in [0.4, 0.5) is 0 Å². The van der Waals surface area contributed by atoms with Gasteiger partial charge in [-0.05, 0) is 51.5 Å². The Morgan fingerprint density at radius 1 is 1.15 bits per heavy atom. The summed E-state index contributed by atoms with van der Waals surface area (Å²) in [6.45, 7) is 10.8. The second-order valence-electron chi connectivity index (χ2n) is 6.33. The maximum absolute atomic E-state index is 6.08. The van der Waals surface area contributed by atoms with Crippen molar-refractivity contribution in [2.75, 3.05) is 13.2 Å². The molecule has 20 heavy (non-hydrogen) atoms. The second kappa shape index (κ2) is 10.4. The van der Waals surface area contributed by atoms with Crippen molar-refractivity contribution in [3.8, 4) is 0 Å². The van der Waals surface area contributed by atoms with Crippen molar-refractivity contribution >= 4 is 0 Å². The number of rotatable bonds is 8. The van der Waals surface area contributed by atoms with Crippen LogP contribution in [0.25, 0.3) is 0 Å². The summed E-state index contributed by atoms with van der Waals surface area (Å²) in [5, 5.41) is 3.76. The molecule has 2 nitrogen and oxygen atoms in total. The molecule has 0 aromatic carbocycles. The summed E-state index contributed by atoms with van der Waals surface area (Å²) in [5.41, 5.74) is 1.60. The summed E-state index contributed by atoms with van der Waals surface area (Å²) >= 11 is 0. The van der Waals surface area contributed by atoms with Crippen LogP contribution < -0.4 is 5.32 Å². The number of allylic oxidation sites excluding steroid dienone is 1. The highest BCUT2D eigenvalue weighted by molar-refractivity contribution is 5.14. The Hall–Kier alpha value is -0.340. The van der Waals surface area contributed by atoms with E-state index < -0.39 is 0 Å². The molecule has 0 saturated carbocycles. The second-order valence-corrected chi connectivity index (χ2v) is 6.33. The Bertz CT molecular complexity index is 273. The Labute approximate surface area is 126 Å². The highest BCUT2D eigenvalue weighted by Crippen LogP contribution is 2.25. The summed E-state index contributed by atoms with van der Waals surface area (Å²) in [6.07, 6.45) is 12.0. The number of nitrogens with one attached hydrogen (secondary N) is 1. The van der Waals surface area contributed by atoms with E-state index in [2.05, 4.69) is 39.1 Å². The van der Waals surface area contributed by atoms with Crippen LogP contribution in [0.2, 0.25) is 0 Å². The van der Waals surface area contributed by atoms with E-state index in [0.717, 1.165) is 13.2 Å². The largest absolute Gasteiger partial charge is 0.376 e. The van der Waals surface area contributed by atoms with Gasteiger partial charge in [0.2, 0.25) is 0 Å². The Balaban J connectivity index is 2.83. The van der Waals surface area contributed by atoms with Crippen LogP contribution in [0, 0.1) is 5.92 Å². The monoisotopic (exact) mass is 281 g/mol. The van der Waals surface area contributed by atoms with Gasteiger partial charge in [-0.2, -0.15) is 0 Å². The minimum atomic E-state index is 0.303. The molecule has 2 unspecified atom stereocenters. The standard InChI is InChI=1S/C18H35NO/c1-5-14-19-17(18(15(3)4)20-6-2)16-12-10-8-7-9-11-13-16/h12,15,17-19H,5-11,13-14H2,1-4H3. The fourth-order valence-corrected chi connectivity index (χ4v) is 3.12. The average molecular weight is 281 g/mol. The van der Waals surface area contributed by atoms with Gasteiger partial charge in [0.25, 0.3) is 0 Å². The first-order chi connectivity index (χ1) is 9.70. The highest BCUT2D eigenvalue weighted by Gasteiger charge is 2.27. The topological polar surface area (TPSA) is 21.3 Å². The van der Waals surface area contributed by atoms with Gasteiger partial charge >= 0.3 is 0 Å².